The summed E-state index contributed by atoms with van der Waals surface area (Å²) in [6.45, 7) is 0. The van der Waals surface area contributed by atoms with E-state index in [4.69, 9.17) is 28.9 Å². The van der Waals surface area contributed by atoms with E-state index in [9.17, 15) is 14.9 Å². The van der Waals surface area contributed by atoms with Gasteiger partial charge >= 0.3 is 0 Å². The molecule has 0 saturated carbocycles. The van der Waals surface area contributed by atoms with Gasteiger partial charge < -0.3 is 5.73 Å². The molecule has 1 saturated heterocycles. The van der Waals surface area contributed by atoms with Gasteiger partial charge in [-0.05, 0) is 48.4 Å². The number of nitriles is 1. The highest BCUT2D eigenvalue weighted by molar-refractivity contribution is 9.10. The van der Waals surface area contributed by atoms with E-state index < -0.39 is 11.2 Å². The third-order valence-corrected chi connectivity index (χ3v) is 6.41. The molecule has 2 amide bonds. The maximum Gasteiger partial charge on any atom is 0.262 e. The van der Waals surface area contributed by atoms with Crippen molar-refractivity contribution in [2.75, 3.05) is 4.90 Å². The number of nitrogens with two attached hydrogens (primary N) is 1. The van der Waals surface area contributed by atoms with Crippen molar-refractivity contribution in [1.82, 2.24) is 0 Å². The van der Waals surface area contributed by atoms with E-state index in [-0.39, 0.29) is 16.5 Å². The molecule has 1 fully saturated rings. The largest absolute Gasteiger partial charge is 0.365 e. The fraction of sp³-hybridized carbons (Fsp3) is 0.105. The van der Waals surface area contributed by atoms with Crippen LogP contribution in [-0.4, -0.2) is 17.1 Å². The number of primary amides is 1. The lowest BCUT2D eigenvalue weighted by Crippen LogP contribution is -2.31. The van der Waals surface area contributed by atoms with Gasteiger partial charge in [0.2, 0.25) is 5.91 Å². The number of thioether (sulfide) groups is 1. The van der Waals surface area contributed by atoms with Crippen molar-refractivity contribution in [1.29, 1.82) is 5.26 Å². The Hall–Kier alpha value is -1.98. The predicted molar refractivity (Wildman–Crippen MR) is 115 cm³/mol. The van der Waals surface area contributed by atoms with Crippen molar-refractivity contribution in [3.05, 3.63) is 73.1 Å². The second kappa shape index (κ2) is 8.58. The smallest absolute Gasteiger partial charge is 0.262 e. The molecule has 1 aliphatic rings. The van der Waals surface area contributed by atoms with Gasteiger partial charge in [-0.25, -0.2) is 0 Å². The lowest BCUT2D eigenvalue weighted by molar-refractivity contribution is -0.117. The Morgan fingerprint density at radius 1 is 1.25 bits per heavy atom. The van der Waals surface area contributed by atoms with E-state index in [0.29, 0.717) is 22.2 Å². The fourth-order valence-corrected chi connectivity index (χ4v) is 4.77. The zero-order valence-corrected chi connectivity index (χ0v) is 18.1. The summed E-state index contributed by atoms with van der Waals surface area (Å²) in [6.07, 6.45) is 0.313. The molecule has 0 spiro atoms. The molecule has 1 heterocycles. The molecule has 1 aliphatic heterocycles. The number of rotatable bonds is 4. The van der Waals surface area contributed by atoms with Crippen molar-refractivity contribution in [2.45, 2.75) is 11.7 Å². The first kappa shape index (κ1) is 20.7. The van der Waals surface area contributed by atoms with Crippen LogP contribution in [0, 0.1) is 11.3 Å². The van der Waals surface area contributed by atoms with Gasteiger partial charge in [-0.3, -0.25) is 14.5 Å². The molecule has 28 heavy (non-hydrogen) atoms. The molecule has 0 aliphatic carbocycles. The van der Waals surface area contributed by atoms with Crippen LogP contribution in [-0.2, 0) is 16.0 Å². The first-order valence-electron chi connectivity index (χ1n) is 7.96. The van der Waals surface area contributed by atoms with Crippen LogP contribution in [0.2, 0.25) is 10.0 Å². The Bertz CT molecular complexity index is 1030. The van der Waals surface area contributed by atoms with Gasteiger partial charge in [0.1, 0.15) is 16.7 Å². The van der Waals surface area contributed by atoms with Gasteiger partial charge in [-0.2, -0.15) is 5.26 Å². The quantitative estimate of drug-likeness (QED) is 0.492. The molecule has 0 aromatic heterocycles. The van der Waals surface area contributed by atoms with Gasteiger partial charge in [0.05, 0.1) is 5.25 Å². The van der Waals surface area contributed by atoms with Gasteiger partial charge in [0.25, 0.3) is 5.91 Å². The van der Waals surface area contributed by atoms with E-state index in [1.807, 2.05) is 6.07 Å². The zero-order valence-electron chi connectivity index (χ0n) is 14.2. The molecule has 142 valence electrons. The lowest BCUT2D eigenvalue weighted by atomic mass is 10.1. The second-order valence-corrected chi connectivity index (χ2v) is 8.80. The van der Waals surface area contributed by atoms with Crippen molar-refractivity contribution in [3.63, 3.8) is 0 Å². The Kier molecular flexibility index (Phi) is 6.36. The summed E-state index contributed by atoms with van der Waals surface area (Å²) in [7, 11) is 0. The van der Waals surface area contributed by atoms with Gasteiger partial charge in [0, 0.05) is 20.2 Å². The summed E-state index contributed by atoms with van der Waals surface area (Å²) in [5.74, 6) is -1.15. The minimum atomic E-state index is -0.884. The number of anilines is 1. The summed E-state index contributed by atoms with van der Waals surface area (Å²) in [5, 5.41) is 9.99. The molecule has 0 radical (unpaired) electrons. The number of hydrogen-bond donors (Lipinski definition) is 1. The van der Waals surface area contributed by atoms with Crippen molar-refractivity contribution in [3.8, 4) is 6.07 Å². The van der Waals surface area contributed by atoms with Crippen LogP contribution in [0.25, 0.3) is 0 Å². The van der Waals surface area contributed by atoms with Crippen LogP contribution in [0.1, 0.15) is 5.56 Å². The van der Waals surface area contributed by atoms with Crippen LogP contribution in [0.4, 0.5) is 5.69 Å². The molecular formula is C19H12BrCl2N3O2S. The van der Waals surface area contributed by atoms with Crippen LogP contribution in [0.5, 0.6) is 0 Å². The Morgan fingerprint density at radius 3 is 2.50 bits per heavy atom. The molecule has 1 atom stereocenters. The summed E-state index contributed by atoms with van der Waals surface area (Å²) in [6, 6.07) is 13.8. The van der Waals surface area contributed by atoms with Crippen molar-refractivity contribution in [2.24, 2.45) is 5.73 Å². The third kappa shape index (κ3) is 4.20. The summed E-state index contributed by atoms with van der Waals surface area (Å²) in [5.41, 5.74) is 6.38. The highest BCUT2D eigenvalue weighted by Crippen LogP contribution is 2.42. The highest BCUT2D eigenvalue weighted by atomic mass is 79.9. The maximum atomic E-state index is 13.2. The van der Waals surface area contributed by atoms with Crippen LogP contribution in [0.15, 0.2) is 57.5 Å². The summed E-state index contributed by atoms with van der Waals surface area (Å²) < 4.78 is 0.834. The Balaban J connectivity index is 2.04. The monoisotopic (exact) mass is 495 g/mol. The number of carbonyl (C=O) groups excluding carboxylic acids is 2. The number of amides is 2. The van der Waals surface area contributed by atoms with E-state index in [2.05, 4.69) is 15.9 Å². The molecule has 2 N–H and O–H groups in total. The van der Waals surface area contributed by atoms with E-state index in [0.717, 1.165) is 21.8 Å². The molecule has 0 unspecified atom stereocenters. The van der Waals surface area contributed by atoms with Crippen molar-refractivity contribution >= 4 is 68.4 Å². The fourth-order valence-electron chi connectivity index (χ4n) is 2.71. The standard InChI is InChI=1S/C19H12BrCl2N3O2S/c20-11-2-5-13(6-3-11)25-18(27)16(28-19(25)14(9-23)17(24)26)7-10-1-4-12(21)8-15(10)22/h1-6,8,16H,7H2,(H2,24,26)/b19-14+/t16-/m0/s1. The average Bonchev–Trinajstić information content (AvgIpc) is 2.95. The number of benzene rings is 2. The third-order valence-electron chi connectivity index (χ3n) is 4.03. The number of nitrogens with zero attached hydrogens (tertiary/aromatic N) is 2. The van der Waals surface area contributed by atoms with Gasteiger partial charge in [-0.1, -0.05) is 57.0 Å². The van der Waals surface area contributed by atoms with Crippen molar-refractivity contribution < 1.29 is 9.59 Å². The van der Waals surface area contributed by atoms with E-state index in [1.165, 1.54) is 4.90 Å². The van der Waals surface area contributed by atoms with Crippen LogP contribution < -0.4 is 10.6 Å². The summed E-state index contributed by atoms with van der Waals surface area (Å²) >= 11 is 16.6. The number of hydrogen-bond acceptors (Lipinski definition) is 4. The topological polar surface area (TPSA) is 87.2 Å². The average molecular weight is 497 g/mol. The highest BCUT2D eigenvalue weighted by Gasteiger charge is 2.40. The van der Waals surface area contributed by atoms with Gasteiger partial charge in [0.15, 0.2) is 0 Å². The summed E-state index contributed by atoms with van der Waals surface area (Å²) in [4.78, 5) is 26.3. The SMILES string of the molecule is N#C/C(C(N)=O)=C1\S[C@@H](Cc2ccc(Cl)cc2Cl)C(=O)N1c1ccc(Br)cc1. The first-order valence-corrected chi connectivity index (χ1v) is 10.4. The molecule has 2 aromatic rings. The second-order valence-electron chi connectivity index (χ2n) is 5.85. The normalized spacial score (nSPS) is 18.1. The lowest BCUT2D eigenvalue weighted by Gasteiger charge is -2.18. The molecule has 5 nitrogen and oxygen atoms in total. The first-order chi connectivity index (χ1) is 13.3. The molecule has 3 rings (SSSR count). The number of carbonyl (C=O) groups is 2. The Morgan fingerprint density at radius 2 is 1.93 bits per heavy atom. The molecule has 9 heteroatoms. The molecule has 2 aromatic carbocycles. The Labute approximate surface area is 184 Å². The minimum Gasteiger partial charge on any atom is -0.365 e. The minimum absolute atomic E-state index is 0.220. The van der Waals surface area contributed by atoms with Gasteiger partial charge in [-0.15, -0.1) is 0 Å². The molecular weight excluding hydrogens is 485 g/mol. The van der Waals surface area contributed by atoms with Crippen LogP contribution >= 0.6 is 50.9 Å². The maximum absolute atomic E-state index is 13.2. The van der Waals surface area contributed by atoms with E-state index >= 15 is 0 Å². The molecule has 0 bridgehead atoms. The van der Waals surface area contributed by atoms with E-state index in [1.54, 1.807) is 42.5 Å². The van der Waals surface area contributed by atoms with Crippen LogP contribution in [0.3, 0.4) is 0 Å². The zero-order chi connectivity index (χ0) is 20.4. The predicted octanol–water partition coefficient (Wildman–Crippen LogP) is 4.67. The number of halogens is 3.